The molecule has 0 saturated heterocycles. The molecule has 0 bridgehead atoms. The van der Waals surface area contributed by atoms with Gasteiger partial charge in [0, 0.05) is 6.04 Å². The van der Waals surface area contributed by atoms with Crippen LogP contribution in [0.15, 0.2) is 24.3 Å². The maximum atomic E-state index is 5.89. The standard InChI is InChI=1S/C10H16N2O/c1-13-9-4-2-3-8(7-9)10(12)5-6-11/h2-4,7,10H,5-6,11-12H2,1H3/t10-/m0/s1. The van der Waals surface area contributed by atoms with E-state index in [9.17, 15) is 0 Å². The lowest BCUT2D eigenvalue weighted by Crippen LogP contribution is -2.15. The first kappa shape index (κ1) is 10.0. The number of benzene rings is 1. The lowest BCUT2D eigenvalue weighted by molar-refractivity contribution is 0.413. The second-order valence-corrected chi connectivity index (χ2v) is 2.96. The molecule has 13 heavy (non-hydrogen) atoms. The fourth-order valence-corrected chi connectivity index (χ4v) is 1.22. The van der Waals surface area contributed by atoms with Crippen molar-refractivity contribution in [1.29, 1.82) is 0 Å². The third kappa shape index (κ3) is 2.72. The predicted octanol–water partition coefficient (Wildman–Crippen LogP) is 1.04. The zero-order valence-corrected chi connectivity index (χ0v) is 7.86. The summed E-state index contributed by atoms with van der Waals surface area (Å²) in [6.45, 7) is 0.610. The maximum absolute atomic E-state index is 5.89. The van der Waals surface area contributed by atoms with Crippen LogP contribution < -0.4 is 16.2 Å². The minimum absolute atomic E-state index is 0.0140. The molecular formula is C10H16N2O. The molecule has 0 radical (unpaired) electrons. The van der Waals surface area contributed by atoms with Gasteiger partial charge in [-0.15, -0.1) is 0 Å². The van der Waals surface area contributed by atoms with E-state index >= 15 is 0 Å². The first-order valence-electron chi connectivity index (χ1n) is 4.37. The quantitative estimate of drug-likeness (QED) is 0.728. The summed E-state index contributed by atoms with van der Waals surface area (Å²) in [5, 5.41) is 0. The Bertz CT molecular complexity index is 263. The zero-order valence-electron chi connectivity index (χ0n) is 7.86. The van der Waals surface area contributed by atoms with E-state index < -0.39 is 0 Å². The molecule has 1 rings (SSSR count). The van der Waals surface area contributed by atoms with E-state index in [1.54, 1.807) is 7.11 Å². The molecule has 3 heteroatoms. The van der Waals surface area contributed by atoms with Gasteiger partial charge in [-0.25, -0.2) is 0 Å². The Labute approximate surface area is 78.7 Å². The molecule has 0 heterocycles. The summed E-state index contributed by atoms with van der Waals surface area (Å²) in [6.07, 6.45) is 0.799. The molecule has 0 aliphatic heterocycles. The van der Waals surface area contributed by atoms with Crippen molar-refractivity contribution >= 4 is 0 Å². The van der Waals surface area contributed by atoms with Gasteiger partial charge in [-0.3, -0.25) is 0 Å². The Morgan fingerprint density at radius 3 is 2.85 bits per heavy atom. The highest BCUT2D eigenvalue weighted by molar-refractivity contribution is 5.30. The molecule has 0 unspecified atom stereocenters. The first-order valence-corrected chi connectivity index (χ1v) is 4.37. The molecule has 1 aromatic carbocycles. The van der Waals surface area contributed by atoms with Gasteiger partial charge >= 0.3 is 0 Å². The summed E-state index contributed by atoms with van der Waals surface area (Å²) < 4.78 is 5.10. The van der Waals surface area contributed by atoms with Crippen LogP contribution in [0.4, 0.5) is 0 Å². The normalized spacial score (nSPS) is 12.5. The molecular weight excluding hydrogens is 164 g/mol. The summed E-state index contributed by atoms with van der Waals surface area (Å²) in [7, 11) is 1.65. The number of methoxy groups -OCH3 is 1. The van der Waals surface area contributed by atoms with E-state index in [1.165, 1.54) is 0 Å². The van der Waals surface area contributed by atoms with Crippen LogP contribution in [0.2, 0.25) is 0 Å². The van der Waals surface area contributed by atoms with Crippen molar-refractivity contribution in [1.82, 2.24) is 0 Å². The molecule has 3 nitrogen and oxygen atoms in total. The van der Waals surface area contributed by atoms with Crippen LogP contribution in [-0.4, -0.2) is 13.7 Å². The second-order valence-electron chi connectivity index (χ2n) is 2.96. The van der Waals surface area contributed by atoms with Crippen LogP contribution in [0.3, 0.4) is 0 Å². The van der Waals surface area contributed by atoms with Crippen LogP contribution >= 0.6 is 0 Å². The van der Waals surface area contributed by atoms with Gasteiger partial charge in [0.05, 0.1) is 7.11 Å². The average Bonchev–Trinajstić information content (AvgIpc) is 2.18. The smallest absolute Gasteiger partial charge is 0.119 e. The molecule has 0 aliphatic rings. The van der Waals surface area contributed by atoms with E-state index in [0.29, 0.717) is 6.54 Å². The number of hydrogen-bond donors (Lipinski definition) is 2. The highest BCUT2D eigenvalue weighted by Gasteiger charge is 2.04. The van der Waals surface area contributed by atoms with E-state index in [1.807, 2.05) is 24.3 Å². The predicted molar refractivity (Wildman–Crippen MR) is 53.6 cm³/mol. The van der Waals surface area contributed by atoms with E-state index in [2.05, 4.69) is 0 Å². The van der Waals surface area contributed by atoms with Gasteiger partial charge < -0.3 is 16.2 Å². The maximum Gasteiger partial charge on any atom is 0.119 e. The minimum Gasteiger partial charge on any atom is -0.497 e. The lowest BCUT2D eigenvalue weighted by atomic mass is 10.0. The monoisotopic (exact) mass is 180 g/mol. The van der Waals surface area contributed by atoms with Crippen molar-refractivity contribution in [3.8, 4) is 5.75 Å². The molecule has 0 saturated carbocycles. The van der Waals surface area contributed by atoms with Crippen molar-refractivity contribution in [2.24, 2.45) is 11.5 Å². The molecule has 0 fully saturated rings. The average molecular weight is 180 g/mol. The number of nitrogens with two attached hydrogens (primary N) is 2. The summed E-state index contributed by atoms with van der Waals surface area (Å²) in [6, 6.07) is 7.78. The topological polar surface area (TPSA) is 61.3 Å². The van der Waals surface area contributed by atoms with E-state index in [0.717, 1.165) is 17.7 Å². The van der Waals surface area contributed by atoms with Crippen LogP contribution in [0.5, 0.6) is 5.75 Å². The summed E-state index contributed by atoms with van der Waals surface area (Å²) >= 11 is 0. The summed E-state index contributed by atoms with van der Waals surface area (Å²) in [4.78, 5) is 0. The Kier molecular flexibility index (Phi) is 3.73. The third-order valence-corrected chi connectivity index (χ3v) is 2.00. The first-order chi connectivity index (χ1) is 6.27. The van der Waals surface area contributed by atoms with Crippen LogP contribution in [0.1, 0.15) is 18.0 Å². The van der Waals surface area contributed by atoms with Gasteiger partial charge in [0.15, 0.2) is 0 Å². The lowest BCUT2D eigenvalue weighted by Gasteiger charge is -2.11. The molecule has 0 spiro atoms. The second kappa shape index (κ2) is 4.84. The van der Waals surface area contributed by atoms with Gasteiger partial charge in [-0.05, 0) is 30.7 Å². The van der Waals surface area contributed by atoms with Gasteiger partial charge in [0.2, 0.25) is 0 Å². The van der Waals surface area contributed by atoms with Crippen LogP contribution in [0, 0.1) is 0 Å². The van der Waals surface area contributed by atoms with Crippen molar-refractivity contribution in [3.63, 3.8) is 0 Å². The third-order valence-electron chi connectivity index (χ3n) is 2.00. The van der Waals surface area contributed by atoms with E-state index in [4.69, 9.17) is 16.2 Å². The SMILES string of the molecule is COc1cccc([C@@H](N)CCN)c1. The summed E-state index contributed by atoms with van der Waals surface area (Å²) in [5.74, 6) is 0.838. The zero-order chi connectivity index (χ0) is 9.68. The fourth-order valence-electron chi connectivity index (χ4n) is 1.22. The minimum atomic E-state index is 0.0140. The summed E-state index contributed by atoms with van der Waals surface area (Å²) in [5.41, 5.74) is 12.4. The van der Waals surface area contributed by atoms with Gasteiger partial charge in [-0.2, -0.15) is 0 Å². The van der Waals surface area contributed by atoms with Crippen molar-refractivity contribution in [2.75, 3.05) is 13.7 Å². The molecule has 4 N–H and O–H groups in total. The molecule has 1 atom stereocenters. The highest BCUT2D eigenvalue weighted by Crippen LogP contribution is 2.18. The Hall–Kier alpha value is -1.06. The van der Waals surface area contributed by atoms with Crippen molar-refractivity contribution in [3.05, 3.63) is 29.8 Å². The highest BCUT2D eigenvalue weighted by atomic mass is 16.5. The number of rotatable bonds is 4. The number of hydrogen-bond acceptors (Lipinski definition) is 3. The van der Waals surface area contributed by atoms with Crippen molar-refractivity contribution < 1.29 is 4.74 Å². The Morgan fingerprint density at radius 1 is 1.46 bits per heavy atom. The Balaban J connectivity index is 2.75. The molecule has 0 amide bonds. The Morgan fingerprint density at radius 2 is 2.23 bits per heavy atom. The molecule has 72 valence electrons. The number of ether oxygens (including phenoxy) is 1. The molecule has 0 aromatic heterocycles. The largest absolute Gasteiger partial charge is 0.497 e. The molecule has 0 aliphatic carbocycles. The van der Waals surface area contributed by atoms with E-state index in [-0.39, 0.29) is 6.04 Å². The van der Waals surface area contributed by atoms with Crippen molar-refractivity contribution in [2.45, 2.75) is 12.5 Å². The van der Waals surface area contributed by atoms with Gasteiger partial charge in [-0.1, -0.05) is 12.1 Å². The van der Waals surface area contributed by atoms with Gasteiger partial charge in [0.1, 0.15) is 5.75 Å². The van der Waals surface area contributed by atoms with Crippen LogP contribution in [0.25, 0.3) is 0 Å². The fraction of sp³-hybridized carbons (Fsp3) is 0.400. The van der Waals surface area contributed by atoms with Gasteiger partial charge in [0.25, 0.3) is 0 Å². The van der Waals surface area contributed by atoms with Crippen LogP contribution in [-0.2, 0) is 0 Å². The molecule has 1 aromatic rings.